The summed E-state index contributed by atoms with van der Waals surface area (Å²) >= 11 is 12.2. The van der Waals surface area contributed by atoms with E-state index in [0.29, 0.717) is 33.4 Å². The molecule has 6 nitrogen and oxygen atoms in total. The molecule has 0 unspecified atom stereocenters. The molecule has 2 aromatic carbocycles. The minimum Gasteiger partial charge on any atom is -0.494 e. The molecule has 0 aliphatic rings. The fourth-order valence-corrected chi connectivity index (χ4v) is 3.20. The van der Waals surface area contributed by atoms with E-state index in [4.69, 9.17) is 27.9 Å². The van der Waals surface area contributed by atoms with Crippen molar-refractivity contribution in [3.63, 3.8) is 0 Å². The summed E-state index contributed by atoms with van der Waals surface area (Å²) in [5, 5.41) is 3.20. The number of nitrogens with one attached hydrogen (secondary N) is 1. The fraction of sp³-hybridized carbons (Fsp3) is 0.0526. The number of hydrogen-bond acceptors (Lipinski definition) is 5. The highest BCUT2D eigenvalue weighted by atomic mass is 35.5. The second-order valence-electron chi connectivity index (χ2n) is 5.66. The molecule has 0 saturated heterocycles. The summed E-state index contributed by atoms with van der Waals surface area (Å²) in [5.74, 6) is 0.113. The fourth-order valence-electron chi connectivity index (χ4n) is 2.74. The molecule has 4 rings (SSSR count). The first kappa shape index (κ1) is 17.5. The van der Waals surface area contributed by atoms with Gasteiger partial charge in [0, 0.05) is 12.4 Å². The van der Waals surface area contributed by atoms with Crippen LogP contribution in [0.2, 0.25) is 10.0 Å². The van der Waals surface area contributed by atoms with Gasteiger partial charge in [0.25, 0.3) is 5.91 Å². The molecule has 0 atom stereocenters. The second kappa shape index (κ2) is 6.98. The zero-order chi connectivity index (χ0) is 19.0. The maximum atomic E-state index is 12.9. The van der Waals surface area contributed by atoms with Crippen molar-refractivity contribution in [3.8, 4) is 5.75 Å². The molecule has 0 spiro atoms. The highest BCUT2D eigenvalue weighted by Crippen LogP contribution is 2.31. The Morgan fingerprint density at radius 2 is 1.59 bits per heavy atom. The SMILES string of the molecule is COc1ccc(C(=O)Nc2c(Cl)cncc2Cl)c2nc3ccccc3nc12. The molecule has 2 aromatic heterocycles. The third-order valence-corrected chi connectivity index (χ3v) is 4.59. The Morgan fingerprint density at radius 1 is 0.963 bits per heavy atom. The zero-order valence-corrected chi connectivity index (χ0v) is 15.5. The Hall–Kier alpha value is -2.96. The Bertz CT molecular complexity index is 1180. The number of carbonyl (C=O) groups is 1. The molecular formula is C19H12Cl2N4O2. The van der Waals surface area contributed by atoms with Crippen molar-refractivity contribution < 1.29 is 9.53 Å². The average molecular weight is 399 g/mol. The molecule has 4 aromatic rings. The number of amides is 1. The number of rotatable bonds is 3. The minimum absolute atomic E-state index is 0.241. The van der Waals surface area contributed by atoms with Crippen LogP contribution in [0.3, 0.4) is 0 Å². The van der Waals surface area contributed by atoms with E-state index in [1.807, 2.05) is 24.3 Å². The number of aromatic nitrogens is 3. The van der Waals surface area contributed by atoms with Gasteiger partial charge in [-0.25, -0.2) is 9.97 Å². The van der Waals surface area contributed by atoms with E-state index in [1.165, 1.54) is 12.4 Å². The van der Waals surface area contributed by atoms with Gasteiger partial charge in [-0.15, -0.1) is 0 Å². The Kier molecular flexibility index (Phi) is 4.51. The lowest BCUT2D eigenvalue weighted by atomic mass is 10.1. The van der Waals surface area contributed by atoms with Gasteiger partial charge in [0.1, 0.15) is 16.8 Å². The van der Waals surface area contributed by atoms with Gasteiger partial charge < -0.3 is 10.1 Å². The summed E-state index contributed by atoms with van der Waals surface area (Å²) in [6, 6.07) is 10.7. The first-order chi connectivity index (χ1) is 13.1. The number of para-hydroxylation sites is 2. The van der Waals surface area contributed by atoms with Crippen molar-refractivity contribution >= 4 is 56.9 Å². The number of benzene rings is 2. The maximum absolute atomic E-state index is 12.9. The Balaban J connectivity index is 1.88. The molecule has 0 bridgehead atoms. The van der Waals surface area contributed by atoms with Crippen molar-refractivity contribution in [2.45, 2.75) is 0 Å². The van der Waals surface area contributed by atoms with Crippen molar-refractivity contribution in [3.05, 3.63) is 64.4 Å². The third kappa shape index (κ3) is 3.13. The van der Waals surface area contributed by atoms with Crippen LogP contribution in [-0.4, -0.2) is 28.0 Å². The molecule has 8 heteroatoms. The number of halogens is 2. The Morgan fingerprint density at radius 3 is 2.22 bits per heavy atom. The largest absolute Gasteiger partial charge is 0.494 e. The molecule has 2 heterocycles. The summed E-state index contributed by atoms with van der Waals surface area (Å²) in [7, 11) is 1.54. The number of methoxy groups -OCH3 is 1. The van der Waals surface area contributed by atoms with E-state index < -0.39 is 5.91 Å². The summed E-state index contributed by atoms with van der Waals surface area (Å²) < 4.78 is 5.38. The van der Waals surface area contributed by atoms with Gasteiger partial charge >= 0.3 is 0 Å². The van der Waals surface area contributed by atoms with Crippen LogP contribution in [0.15, 0.2) is 48.8 Å². The molecule has 1 N–H and O–H groups in total. The molecule has 0 fully saturated rings. The van der Waals surface area contributed by atoms with Crippen molar-refractivity contribution in [1.29, 1.82) is 0 Å². The summed E-state index contributed by atoms with van der Waals surface area (Å²) in [5.41, 5.74) is 2.92. The Labute approximate surface area is 164 Å². The highest BCUT2D eigenvalue weighted by molar-refractivity contribution is 6.39. The smallest absolute Gasteiger partial charge is 0.258 e. The van der Waals surface area contributed by atoms with Gasteiger partial charge in [-0.1, -0.05) is 35.3 Å². The summed E-state index contributed by atoms with van der Waals surface area (Å²) in [4.78, 5) is 26.0. The lowest BCUT2D eigenvalue weighted by Gasteiger charge is -2.12. The molecule has 1 amide bonds. The summed E-state index contributed by atoms with van der Waals surface area (Å²) in [6.45, 7) is 0. The number of hydrogen-bond donors (Lipinski definition) is 1. The number of carbonyl (C=O) groups excluding carboxylic acids is 1. The van der Waals surface area contributed by atoms with Gasteiger partial charge in [-0.05, 0) is 24.3 Å². The zero-order valence-electron chi connectivity index (χ0n) is 14.0. The topological polar surface area (TPSA) is 77.0 Å². The van der Waals surface area contributed by atoms with E-state index in [-0.39, 0.29) is 15.7 Å². The average Bonchev–Trinajstić information content (AvgIpc) is 2.68. The van der Waals surface area contributed by atoms with Crippen molar-refractivity contribution in [2.75, 3.05) is 12.4 Å². The van der Waals surface area contributed by atoms with Crippen molar-refractivity contribution in [1.82, 2.24) is 15.0 Å². The van der Waals surface area contributed by atoms with E-state index in [1.54, 1.807) is 19.2 Å². The molecule has 0 saturated carbocycles. The second-order valence-corrected chi connectivity index (χ2v) is 6.47. The van der Waals surface area contributed by atoms with E-state index >= 15 is 0 Å². The van der Waals surface area contributed by atoms with Crippen LogP contribution < -0.4 is 10.1 Å². The third-order valence-electron chi connectivity index (χ3n) is 4.02. The number of nitrogens with zero attached hydrogens (tertiary/aromatic N) is 3. The standard InChI is InChI=1S/C19H12Cl2N4O2/c1-27-15-7-6-10(19(26)25-17-11(20)8-22-9-12(17)21)16-18(15)24-14-5-3-2-4-13(14)23-16/h2-9H,1H3,(H,22,25,26). The lowest BCUT2D eigenvalue weighted by molar-refractivity contribution is 0.102. The molecule has 0 aliphatic heterocycles. The van der Waals surface area contributed by atoms with E-state index in [9.17, 15) is 4.79 Å². The van der Waals surface area contributed by atoms with Gasteiger partial charge in [-0.3, -0.25) is 9.78 Å². The van der Waals surface area contributed by atoms with Gasteiger partial charge in [0.15, 0.2) is 0 Å². The minimum atomic E-state index is -0.415. The van der Waals surface area contributed by atoms with Crippen LogP contribution >= 0.6 is 23.2 Å². The highest BCUT2D eigenvalue weighted by Gasteiger charge is 2.18. The number of anilines is 1. The van der Waals surface area contributed by atoms with Gasteiger partial charge in [-0.2, -0.15) is 0 Å². The maximum Gasteiger partial charge on any atom is 0.258 e. The number of pyridine rings is 1. The predicted molar refractivity (Wildman–Crippen MR) is 106 cm³/mol. The van der Waals surface area contributed by atoms with Crippen LogP contribution in [0.1, 0.15) is 10.4 Å². The van der Waals surface area contributed by atoms with Gasteiger partial charge in [0.05, 0.1) is 39.4 Å². The normalized spacial score (nSPS) is 10.9. The van der Waals surface area contributed by atoms with Crippen LogP contribution in [0.5, 0.6) is 5.75 Å². The first-order valence-corrected chi connectivity index (χ1v) is 8.68. The molecule has 0 radical (unpaired) electrons. The van der Waals surface area contributed by atoms with Crippen LogP contribution in [-0.2, 0) is 0 Å². The number of ether oxygens (including phenoxy) is 1. The predicted octanol–water partition coefficient (Wildman–Crippen LogP) is 4.75. The van der Waals surface area contributed by atoms with Crippen LogP contribution in [0.25, 0.3) is 22.1 Å². The monoisotopic (exact) mass is 398 g/mol. The molecular weight excluding hydrogens is 387 g/mol. The first-order valence-electron chi connectivity index (χ1n) is 7.92. The number of fused-ring (bicyclic) bond motifs is 2. The summed E-state index contributed by atoms with van der Waals surface area (Å²) in [6.07, 6.45) is 2.81. The van der Waals surface area contributed by atoms with Gasteiger partial charge in [0.2, 0.25) is 0 Å². The molecule has 27 heavy (non-hydrogen) atoms. The molecule has 134 valence electrons. The van der Waals surface area contributed by atoms with Crippen LogP contribution in [0.4, 0.5) is 5.69 Å². The lowest BCUT2D eigenvalue weighted by Crippen LogP contribution is -2.14. The quantitative estimate of drug-likeness (QED) is 0.504. The van der Waals surface area contributed by atoms with Crippen molar-refractivity contribution in [2.24, 2.45) is 0 Å². The van der Waals surface area contributed by atoms with E-state index in [0.717, 1.165) is 0 Å². The van der Waals surface area contributed by atoms with Crippen LogP contribution in [0, 0.1) is 0 Å². The molecule has 0 aliphatic carbocycles. The van der Waals surface area contributed by atoms with E-state index in [2.05, 4.69) is 20.3 Å².